The summed E-state index contributed by atoms with van der Waals surface area (Å²) >= 11 is 0. The van der Waals surface area contributed by atoms with Gasteiger partial charge < -0.3 is 9.88 Å². The third-order valence-electron chi connectivity index (χ3n) is 3.42. The van der Waals surface area contributed by atoms with Gasteiger partial charge in [-0.05, 0) is 29.8 Å². The van der Waals surface area contributed by atoms with Gasteiger partial charge in [-0.2, -0.15) is 5.26 Å². The first-order valence-electron chi connectivity index (χ1n) is 7.10. The van der Waals surface area contributed by atoms with E-state index in [1.54, 1.807) is 18.2 Å². The molecule has 24 heavy (non-hydrogen) atoms. The van der Waals surface area contributed by atoms with Gasteiger partial charge >= 0.3 is 0 Å². The van der Waals surface area contributed by atoms with E-state index < -0.39 is 11.5 Å². The molecule has 0 spiro atoms. The summed E-state index contributed by atoms with van der Waals surface area (Å²) in [6, 6.07) is 10.7. The Morgan fingerprint density at radius 2 is 1.96 bits per heavy atom. The summed E-state index contributed by atoms with van der Waals surface area (Å²) in [4.78, 5) is 28.1. The van der Waals surface area contributed by atoms with Crippen LogP contribution in [-0.4, -0.2) is 25.0 Å². The van der Waals surface area contributed by atoms with E-state index in [9.17, 15) is 9.59 Å². The molecular weight excluding hydrogens is 306 g/mol. The van der Waals surface area contributed by atoms with Gasteiger partial charge in [0.25, 0.3) is 11.5 Å². The maximum Gasteiger partial charge on any atom is 0.267 e. The summed E-state index contributed by atoms with van der Waals surface area (Å²) < 4.78 is 0. The fraction of sp³-hybridized carbons (Fsp3) is 0.118. The van der Waals surface area contributed by atoms with E-state index in [0.717, 1.165) is 11.3 Å². The molecule has 0 bridgehead atoms. The van der Waals surface area contributed by atoms with Gasteiger partial charge in [-0.15, -0.1) is 0 Å². The van der Waals surface area contributed by atoms with Gasteiger partial charge in [0.05, 0.1) is 11.3 Å². The van der Waals surface area contributed by atoms with Crippen molar-refractivity contribution in [2.75, 3.05) is 19.0 Å². The fourth-order valence-corrected chi connectivity index (χ4v) is 2.09. The Labute approximate surface area is 139 Å². The van der Waals surface area contributed by atoms with Crippen molar-refractivity contribution in [1.29, 1.82) is 5.26 Å². The third kappa shape index (κ3) is 3.69. The van der Waals surface area contributed by atoms with E-state index in [1.807, 2.05) is 48.7 Å². The van der Waals surface area contributed by atoms with E-state index >= 15 is 0 Å². The van der Waals surface area contributed by atoms with Gasteiger partial charge in [0.2, 0.25) is 0 Å². The number of nitrogens with zero attached hydrogens (tertiary/aromatic N) is 2. The minimum Gasteiger partial charge on any atom is -0.378 e. The van der Waals surface area contributed by atoms with Crippen molar-refractivity contribution in [2.45, 2.75) is 0 Å². The number of pyridine rings is 1. The SMILES string of the molecule is CN(C)c1ccc(/C=C/c2[nH]c(=O)c(C#N)cc2C(=O)NN)cc1. The Hall–Kier alpha value is -3.37. The summed E-state index contributed by atoms with van der Waals surface area (Å²) in [5.41, 5.74) is 3.64. The van der Waals surface area contributed by atoms with E-state index in [0.29, 0.717) is 0 Å². The van der Waals surface area contributed by atoms with Crippen LogP contribution >= 0.6 is 0 Å². The number of nitriles is 1. The lowest BCUT2D eigenvalue weighted by atomic mass is 10.1. The van der Waals surface area contributed by atoms with Crippen LogP contribution in [0.4, 0.5) is 5.69 Å². The first kappa shape index (κ1) is 17.0. The van der Waals surface area contributed by atoms with Crippen molar-refractivity contribution in [3.8, 4) is 6.07 Å². The maximum absolute atomic E-state index is 11.8. The molecule has 1 aromatic carbocycles. The minimum absolute atomic E-state index is 0.120. The quantitative estimate of drug-likeness (QED) is 0.442. The van der Waals surface area contributed by atoms with Crippen molar-refractivity contribution in [3.05, 3.63) is 63.1 Å². The summed E-state index contributed by atoms with van der Waals surface area (Å²) in [5, 5.41) is 8.91. The summed E-state index contributed by atoms with van der Waals surface area (Å²) in [7, 11) is 3.90. The number of aromatic amines is 1. The molecule has 2 aromatic rings. The lowest BCUT2D eigenvalue weighted by Gasteiger charge is -2.11. The number of aromatic nitrogens is 1. The highest BCUT2D eigenvalue weighted by Crippen LogP contribution is 2.15. The largest absolute Gasteiger partial charge is 0.378 e. The average molecular weight is 323 g/mol. The first-order chi connectivity index (χ1) is 11.5. The lowest BCUT2D eigenvalue weighted by molar-refractivity contribution is 0.0953. The predicted molar refractivity (Wildman–Crippen MR) is 93.1 cm³/mol. The summed E-state index contributed by atoms with van der Waals surface area (Å²) in [6.45, 7) is 0. The first-order valence-corrected chi connectivity index (χ1v) is 7.10. The smallest absolute Gasteiger partial charge is 0.267 e. The van der Waals surface area contributed by atoms with Crippen molar-refractivity contribution < 1.29 is 4.79 Å². The van der Waals surface area contributed by atoms with E-state index in [4.69, 9.17) is 11.1 Å². The number of hydrogen-bond acceptors (Lipinski definition) is 5. The number of anilines is 1. The van der Waals surface area contributed by atoms with Crippen LogP contribution in [0.15, 0.2) is 35.1 Å². The number of hydrogen-bond donors (Lipinski definition) is 3. The molecule has 0 saturated carbocycles. The molecule has 0 saturated heterocycles. The molecule has 0 atom stereocenters. The number of carbonyl (C=O) groups is 1. The molecule has 4 N–H and O–H groups in total. The number of nitrogens with two attached hydrogens (primary N) is 1. The molecule has 0 fully saturated rings. The summed E-state index contributed by atoms with van der Waals surface area (Å²) in [5.74, 6) is 4.56. The predicted octanol–water partition coefficient (Wildman–Crippen LogP) is 1.09. The second kappa shape index (κ2) is 7.26. The molecule has 1 aromatic heterocycles. The number of rotatable bonds is 4. The molecule has 0 aliphatic heterocycles. The number of H-pyrrole nitrogens is 1. The standard InChI is InChI=1S/C17H17N5O2/c1-22(2)13-6-3-11(4-7-13)5-8-15-14(17(24)21-19)9-12(10-18)16(23)20-15/h3-9H,19H2,1-2H3,(H,20,23)(H,21,24)/b8-5+. The Kier molecular flexibility index (Phi) is 5.14. The van der Waals surface area contributed by atoms with E-state index in [2.05, 4.69) is 4.98 Å². The average Bonchev–Trinajstić information content (AvgIpc) is 2.59. The topological polar surface area (TPSA) is 115 Å². The zero-order valence-electron chi connectivity index (χ0n) is 13.3. The van der Waals surface area contributed by atoms with Crippen LogP contribution in [0.2, 0.25) is 0 Å². The molecule has 122 valence electrons. The Morgan fingerprint density at radius 1 is 1.29 bits per heavy atom. The molecule has 1 amide bonds. The normalized spacial score (nSPS) is 10.4. The monoisotopic (exact) mass is 323 g/mol. The molecule has 2 rings (SSSR count). The summed E-state index contributed by atoms with van der Waals surface area (Å²) in [6.07, 6.45) is 3.35. The highest BCUT2D eigenvalue weighted by molar-refractivity contribution is 5.97. The Morgan fingerprint density at radius 3 is 2.50 bits per heavy atom. The van der Waals surface area contributed by atoms with Crippen molar-refractivity contribution in [3.63, 3.8) is 0 Å². The number of nitrogen functional groups attached to an aromatic ring is 1. The lowest BCUT2D eigenvalue weighted by Crippen LogP contribution is -2.31. The number of nitrogens with one attached hydrogen (secondary N) is 2. The van der Waals surface area contributed by atoms with Gasteiger partial charge in [0.1, 0.15) is 11.6 Å². The second-order valence-corrected chi connectivity index (χ2v) is 5.24. The Bertz CT molecular complexity index is 873. The fourth-order valence-electron chi connectivity index (χ4n) is 2.09. The highest BCUT2D eigenvalue weighted by Gasteiger charge is 2.12. The maximum atomic E-state index is 11.8. The van der Waals surface area contributed by atoms with Gasteiger partial charge in [0.15, 0.2) is 0 Å². The molecule has 7 heteroatoms. The number of carbonyl (C=O) groups excluding carboxylic acids is 1. The van der Waals surface area contributed by atoms with Gasteiger partial charge in [-0.1, -0.05) is 18.2 Å². The molecule has 7 nitrogen and oxygen atoms in total. The van der Waals surface area contributed by atoms with Crippen LogP contribution in [0.1, 0.15) is 27.2 Å². The molecular formula is C17H17N5O2. The van der Waals surface area contributed by atoms with Crippen LogP contribution in [0.25, 0.3) is 12.2 Å². The Balaban J connectivity index is 2.41. The van der Waals surface area contributed by atoms with E-state index in [-0.39, 0.29) is 16.8 Å². The van der Waals surface area contributed by atoms with Gasteiger partial charge in [0, 0.05) is 19.8 Å². The second-order valence-electron chi connectivity index (χ2n) is 5.24. The molecule has 1 heterocycles. The van der Waals surface area contributed by atoms with Crippen LogP contribution in [0.5, 0.6) is 0 Å². The number of hydrazine groups is 1. The highest BCUT2D eigenvalue weighted by atomic mass is 16.2. The zero-order valence-corrected chi connectivity index (χ0v) is 13.3. The van der Waals surface area contributed by atoms with Crippen molar-refractivity contribution in [1.82, 2.24) is 10.4 Å². The number of benzene rings is 1. The van der Waals surface area contributed by atoms with Crippen LogP contribution in [-0.2, 0) is 0 Å². The van der Waals surface area contributed by atoms with Gasteiger partial charge in [-0.3, -0.25) is 15.0 Å². The van der Waals surface area contributed by atoms with Crippen LogP contribution in [0.3, 0.4) is 0 Å². The van der Waals surface area contributed by atoms with Crippen LogP contribution < -0.4 is 21.7 Å². The van der Waals surface area contributed by atoms with Crippen LogP contribution in [0, 0.1) is 11.3 Å². The van der Waals surface area contributed by atoms with E-state index in [1.165, 1.54) is 6.07 Å². The molecule has 0 unspecified atom stereocenters. The van der Waals surface area contributed by atoms with Gasteiger partial charge in [-0.25, -0.2) is 5.84 Å². The zero-order chi connectivity index (χ0) is 17.7. The van der Waals surface area contributed by atoms with Crippen molar-refractivity contribution in [2.24, 2.45) is 5.84 Å². The number of amides is 1. The van der Waals surface area contributed by atoms with Crippen molar-refractivity contribution >= 4 is 23.7 Å². The molecule has 0 aliphatic rings. The third-order valence-corrected chi connectivity index (χ3v) is 3.42. The molecule has 0 radical (unpaired) electrons. The molecule has 0 aliphatic carbocycles. The minimum atomic E-state index is -0.592.